The summed E-state index contributed by atoms with van der Waals surface area (Å²) in [5.41, 5.74) is 0.411. The van der Waals surface area contributed by atoms with Crippen molar-refractivity contribution in [3.05, 3.63) is 29.8 Å². The molecule has 0 bridgehead atoms. The van der Waals surface area contributed by atoms with E-state index in [1.165, 1.54) is 0 Å². The number of carbonyl (C=O) groups excluding carboxylic acids is 2. The van der Waals surface area contributed by atoms with Gasteiger partial charge in [-0.15, -0.1) is 0 Å². The maximum atomic E-state index is 12.6. The summed E-state index contributed by atoms with van der Waals surface area (Å²) in [4.78, 5) is 24.4. The Kier molecular flexibility index (Phi) is 4.55. The highest BCUT2D eigenvalue weighted by molar-refractivity contribution is 5.87. The van der Waals surface area contributed by atoms with Crippen molar-refractivity contribution < 1.29 is 19.1 Å². The molecule has 5 nitrogen and oxygen atoms in total. The van der Waals surface area contributed by atoms with Gasteiger partial charge in [0.05, 0.1) is 19.4 Å². The van der Waals surface area contributed by atoms with E-state index in [0.717, 1.165) is 43.4 Å². The molecule has 3 rings (SSSR count). The highest BCUT2D eigenvalue weighted by Crippen LogP contribution is 2.44. The zero-order valence-electron chi connectivity index (χ0n) is 13.5. The number of methoxy groups -OCH3 is 1. The third-order valence-electron chi connectivity index (χ3n) is 4.94. The Hall–Kier alpha value is -2.04. The van der Waals surface area contributed by atoms with Gasteiger partial charge in [-0.2, -0.15) is 0 Å². The first-order valence-electron chi connectivity index (χ1n) is 8.25. The second-order valence-electron chi connectivity index (χ2n) is 6.43. The summed E-state index contributed by atoms with van der Waals surface area (Å²) in [6.45, 7) is 0.427. The number of benzene rings is 1. The van der Waals surface area contributed by atoms with Crippen molar-refractivity contribution in [1.82, 2.24) is 5.32 Å². The van der Waals surface area contributed by atoms with Crippen LogP contribution in [-0.4, -0.2) is 24.6 Å². The number of rotatable bonds is 4. The van der Waals surface area contributed by atoms with Crippen molar-refractivity contribution in [2.45, 2.75) is 50.7 Å². The number of ether oxygens (including phenoxy) is 2. The van der Waals surface area contributed by atoms with Crippen LogP contribution in [0, 0.1) is 5.92 Å². The van der Waals surface area contributed by atoms with Gasteiger partial charge >= 0.3 is 5.97 Å². The van der Waals surface area contributed by atoms with Gasteiger partial charge in [0.2, 0.25) is 5.91 Å². The predicted octanol–water partition coefficient (Wildman–Crippen LogP) is 2.58. The molecule has 1 saturated carbocycles. The normalized spacial score (nSPS) is 22.7. The monoisotopic (exact) mass is 317 g/mol. The van der Waals surface area contributed by atoms with Crippen LogP contribution in [-0.2, 0) is 20.9 Å². The Bertz CT molecular complexity index is 592. The van der Waals surface area contributed by atoms with E-state index in [0.29, 0.717) is 6.54 Å². The Morgan fingerprint density at radius 3 is 2.87 bits per heavy atom. The molecule has 1 atom stereocenters. The maximum Gasteiger partial charge on any atom is 0.307 e. The van der Waals surface area contributed by atoms with Crippen molar-refractivity contribution in [2.75, 3.05) is 7.11 Å². The zero-order chi connectivity index (χ0) is 16.3. The van der Waals surface area contributed by atoms with Crippen LogP contribution in [0.25, 0.3) is 0 Å². The van der Waals surface area contributed by atoms with E-state index in [2.05, 4.69) is 5.32 Å². The molecule has 0 radical (unpaired) electrons. The lowest BCUT2D eigenvalue weighted by Gasteiger charge is -2.36. The molecule has 1 aromatic carbocycles. The smallest absolute Gasteiger partial charge is 0.307 e. The quantitative estimate of drug-likeness (QED) is 0.867. The molecule has 1 heterocycles. The molecular weight excluding hydrogens is 294 g/mol. The van der Waals surface area contributed by atoms with Gasteiger partial charge in [0.25, 0.3) is 0 Å². The van der Waals surface area contributed by atoms with Gasteiger partial charge in [0.1, 0.15) is 11.4 Å². The highest BCUT2D eigenvalue weighted by atomic mass is 16.6. The molecule has 1 N–H and O–H groups in total. The van der Waals surface area contributed by atoms with E-state index in [1.807, 2.05) is 24.3 Å². The number of carbonyl (C=O) groups is 2. The molecular formula is C18H23NO4. The fourth-order valence-electron chi connectivity index (χ4n) is 3.72. The molecule has 1 amide bonds. The van der Waals surface area contributed by atoms with E-state index >= 15 is 0 Å². The van der Waals surface area contributed by atoms with Gasteiger partial charge in [-0.05, 0) is 43.4 Å². The lowest BCUT2D eigenvalue weighted by Crippen LogP contribution is -2.45. The third kappa shape index (κ3) is 3.33. The summed E-state index contributed by atoms with van der Waals surface area (Å²) in [7, 11) is 1.62. The van der Waals surface area contributed by atoms with Gasteiger partial charge in [-0.1, -0.05) is 18.6 Å². The Balaban J connectivity index is 1.65. The molecule has 2 fully saturated rings. The van der Waals surface area contributed by atoms with Crippen LogP contribution < -0.4 is 10.1 Å². The zero-order valence-corrected chi connectivity index (χ0v) is 13.5. The maximum absolute atomic E-state index is 12.6. The molecule has 2 aliphatic rings. The van der Waals surface area contributed by atoms with E-state index in [4.69, 9.17) is 9.47 Å². The van der Waals surface area contributed by atoms with Crippen LogP contribution in [0.3, 0.4) is 0 Å². The van der Waals surface area contributed by atoms with E-state index in [-0.39, 0.29) is 24.2 Å². The summed E-state index contributed by atoms with van der Waals surface area (Å²) >= 11 is 0. The third-order valence-corrected chi connectivity index (χ3v) is 4.94. The molecule has 0 aromatic heterocycles. The largest absolute Gasteiger partial charge is 0.497 e. The summed E-state index contributed by atoms with van der Waals surface area (Å²) in [5.74, 6) is 0.0785. The van der Waals surface area contributed by atoms with E-state index in [1.54, 1.807) is 7.11 Å². The van der Waals surface area contributed by atoms with Crippen LogP contribution in [0.4, 0.5) is 0 Å². The molecule has 23 heavy (non-hydrogen) atoms. The number of esters is 1. The Labute approximate surface area is 136 Å². The molecule has 1 aromatic rings. The SMILES string of the molecule is COc1cccc(CNC(=O)[C@@H]2CC(=O)OC23CCCCC3)c1. The van der Waals surface area contributed by atoms with Crippen LogP contribution in [0.1, 0.15) is 44.1 Å². The highest BCUT2D eigenvalue weighted by Gasteiger charge is 2.52. The number of nitrogens with one attached hydrogen (secondary N) is 1. The van der Waals surface area contributed by atoms with Gasteiger partial charge in [-0.3, -0.25) is 9.59 Å². The summed E-state index contributed by atoms with van der Waals surface area (Å²) in [6.07, 6.45) is 4.99. The topological polar surface area (TPSA) is 64.6 Å². The molecule has 1 saturated heterocycles. The van der Waals surface area contributed by atoms with Gasteiger partial charge in [0.15, 0.2) is 0 Å². The number of amides is 1. The van der Waals surface area contributed by atoms with Gasteiger partial charge in [-0.25, -0.2) is 0 Å². The molecule has 1 aliphatic carbocycles. The predicted molar refractivity (Wildman–Crippen MR) is 84.9 cm³/mol. The lowest BCUT2D eigenvalue weighted by atomic mass is 9.75. The fourth-order valence-corrected chi connectivity index (χ4v) is 3.72. The molecule has 1 aliphatic heterocycles. The minimum atomic E-state index is -0.562. The van der Waals surface area contributed by atoms with E-state index < -0.39 is 5.60 Å². The Morgan fingerprint density at radius 2 is 2.13 bits per heavy atom. The summed E-state index contributed by atoms with van der Waals surface area (Å²) in [6, 6.07) is 7.60. The van der Waals surface area contributed by atoms with Gasteiger partial charge in [0, 0.05) is 6.54 Å². The van der Waals surface area contributed by atoms with Crippen LogP contribution in [0.15, 0.2) is 24.3 Å². The number of hydrogen-bond acceptors (Lipinski definition) is 4. The standard InChI is InChI=1S/C18H23NO4/c1-22-14-7-5-6-13(10-14)12-19-17(21)15-11-16(20)23-18(15)8-3-2-4-9-18/h5-7,10,15H,2-4,8-9,11-12H2,1H3,(H,19,21)/t15-/m0/s1. The van der Waals surface area contributed by atoms with Crippen LogP contribution >= 0.6 is 0 Å². The fraction of sp³-hybridized carbons (Fsp3) is 0.556. The molecule has 124 valence electrons. The lowest BCUT2D eigenvalue weighted by molar-refractivity contribution is -0.153. The minimum absolute atomic E-state index is 0.0828. The van der Waals surface area contributed by atoms with Crippen molar-refractivity contribution in [3.63, 3.8) is 0 Å². The molecule has 5 heteroatoms. The second-order valence-corrected chi connectivity index (χ2v) is 6.43. The summed E-state index contributed by atoms with van der Waals surface area (Å²) < 4.78 is 10.8. The van der Waals surface area contributed by atoms with E-state index in [9.17, 15) is 9.59 Å². The summed E-state index contributed by atoms with van der Waals surface area (Å²) in [5, 5.41) is 2.96. The molecule has 1 spiro atoms. The van der Waals surface area contributed by atoms with Crippen molar-refractivity contribution in [1.29, 1.82) is 0 Å². The Morgan fingerprint density at radius 1 is 1.35 bits per heavy atom. The van der Waals surface area contributed by atoms with Crippen molar-refractivity contribution >= 4 is 11.9 Å². The van der Waals surface area contributed by atoms with Crippen molar-refractivity contribution in [2.24, 2.45) is 5.92 Å². The molecule has 0 unspecified atom stereocenters. The first-order valence-corrected chi connectivity index (χ1v) is 8.25. The minimum Gasteiger partial charge on any atom is -0.497 e. The first kappa shape index (κ1) is 15.8. The number of hydrogen-bond donors (Lipinski definition) is 1. The second kappa shape index (κ2) is 6.60. The van der Waals surface area contributed by atoms with Crippen LogP contribution in [0.5, 0.6) is 5.75 Å². The first-order chi connectivity index (χ1) is 11.1. The average molecular weight is 317 g/mol. The van der Waals surface area contributed by atoms with Crippen molar-refractivity contribution in [3.8, 4) is 5.75 Å². The average Bonchev–Trinajstić information content (AvgIpc) is 2.89. The van der Waals surface area contributed by atoms with Crippen LogP contribution in [0.2, 0.25) is 0 Å². The van der Waals surface area contributed by atoms with Gasteiger partial charge < -0.3 is 14.8 Å².